The van der Waals surface area contributed by atoms with E-state index in [-0.39, 0.29) is 0 Å². The molecule has 0 aliphatic carbocycles. The summed E-state index contributed by atoms with van der Waals surface area (Å²) < 4.78 is 15.4. The molecule has 0 spiro atoms. The van der Waals surface area contributed by atoms with Gasteiger partial charge in [0.2, 0.25) is 0 Å². The molecule has 1 unspecified atom stereocenters. The highest BCUT2D eigenvalue weighted by molar-refractivity contribution is 7.36. The molecule has 13 heavy (non-hydrogen) atoms. The molecule has 0 aliphatic rings. The zero-order chi connectivity index (χ0) is 9.94. The van der Waals surface area contributed by atoms with E-state index in [1.807, 2.05) is 0 Å². The summed E-state index contributed by atoms with van der Waals surface area (Å²) in [4.78, 5) is 0. The first-order chi connectivity index (χ1) is 6.31. The second kappa shape index (κ2) is 10.2. The monoisotopic (exact) mass is 209 g/mol. The average Bonchev–Trinajstić information content (AvgIpc) is 2.16. The van der Waals surface area contributed by atoms with Crippen LogP contribution in [0.5, 0.6) is 0 Å². The summed E-state index contributed by atoms with van der Waals surface area (Å²) in [7, 11) is -0.536. The van der Waals surface area contributed by atoms with Crippen LogP contribution in [0, 0.1) is 0 Å². The van der Waals surface area contributed by atoms with E-state index in [0.717, 1.165) is 39.0 Å². The predicted octanol–water partition coefficient (Wildman–Crippen LogP) is -0.0594. The van der Waals surface area contributed by atoms with Gasteiger partial charge in [0.05, 0.1) is 0 Å². The molecule has 0 rings (SSSR count). The minimum atomic E-state index is -1.97. The first-order valence-electron chi connectivity index (χ1n) is 4.54. The molecule has 0 aromatic rings. The van der Waals surface area contributed by atoms with E-state index in [2.05, 4.69) is 14.9 Å². The van der Waals surface area contributed by atoms with Crippen molar-refractivity contribution in [1.82, 2.24) is 10.4 Å². The van der Waals surface area contributed by atoms with Crippen LogP contribution in [0.1, 0.15) is 12.8 Å². The molecule has 4 N–H and O–H groups in total. The van der Waals surface area contributed by atoms with Crippen LogP contribution in [-0.2, 0) is 9.09 Å². The lowest BCUT2D eigenvalue weighted by Crippen LogP contribution is -2.21. The third-order valence-corrected chi connectivity index (χ3v) is 2.45. The molecule has 5 nitrogen and oxygen atoms in total. The molecule has 0 radical (unpaired) electrons. The normalized spacial score (nSPS) is 13.1. The molecule has 1 atom stereocenters. The van der Waals surface area contributed by atoms with E-state index in [9.17, 15) is 4.57 Å². The van der Waals surface area contributed by atoms with E-state index >= 15 is 0 Å². The Hall–Kier alpha value is 0.0700. The largest absolute Gasteiger partial charge is 0.330 e. The Morgan fingerprint density at radius 2 is 2.00 bits per heavy atom. The number of hydrogen-bond acceptors (Lipinski definition) is 4. The van der Waals surface area contributed by atoms with Crippen molar-refractivity contribution in [2.45, 2.75) is 12.8 Å². The van der Waals surface area contributed by atoms with Gasteiger partial charge in [0.25, 0.3) is 8.18 Å². The molecule has 0 heterocycles. The Balaban J connectivity index is 2.95. The van der Waals surface area contributed by atoms with Gasteiger partial charge in [0, 0.05) is 13.7 Å². The van der Waals surface area contributed by atoms with Gasteiger partial charge in [-0.1, -0.05) is 0 Å². The minimum absolute atomic E-state index is 0.723. The standard InChI is InChI=1S/C7H20N3O2P/c1-12-13(11)10-7-3-6-9-5-2-4-8/h9,13H,2-8H2,1H3,(H,10,11). The minimum Gasteiger partial charge on any atom is -0.330 e. The zero-order valence-corrected chi connectivity index (χ0v) is 9.14. The van der Waals surface area contributed by atoms with Gasteiger partial charge in [-0.3, -0.25) is 4.57 Å². The Morgan fingerprint density at radius 1 is 1.31 bits per heavy atom. The maximum Gasteiger partial charge on any atom is 0.257 e. The fourth-order valence-electron chi connectivity index (χ4n) is 0.828. The second-order valence-electron chi connectivity index (χ2n) is 2.66. The SMILES string of the molecule is CO[PH](=O)NCCCNCCCN. The summed E-state index contributed by atoms with van der Waals surface area (Å²) in [5, 5.41) is 6.01. The lowest BCUT2D eigenvalue weighted by Gasteiger charge is -2.04. The van der Waals surface area contributed by atoms with E-state index in [4.69, 9.17) is 5.73 Å². The molecule has 0 saturated heterocycles. The quantitative estimate of drug-likeness (QED) is 0.366. The summed E-state index contributed by atoms with van der Waals surface area (Å²) in [6, 6.07) is 0. The molecule has 6 heteroatoms. The lowest BCUT2D eigenvalue weighted by atomic mass is 10.4. The van der Waals surface area contributed by atoms with Crippen LogP contribution in [-0.4, -0.2) is 33.3 Å². The fourth-order valence-corrected chi connectivity index (χ4v) is 1.35. The first kappa shape index (κ1) is 13.1. The highest BCUT2D eigenvalue weighted by Crippen LogP contribution is 2.11. The fraction of sp³-hybridized carbons (Fsp3) is 1.00. The molecule has 0 aliphatic heterocycles. The Bertz CT molecular complexity index is 135. The molecule has 80 valence electrons. The van der Waals surface area contributed by atoms with Gasteiger partial charge < -0.3 is 15.6 Å². The van der Waals surface area contributed by atoms with Crippen LogP contribution in [0.4, 0.5) is 0 Å². The van der Waals surface area contributed by atoms with Gasteiger partial charge in [0.15, 0.2) is 0 Å². The van der Waals surface area contributed by atoms with Gasteiger partial charge in [-0.15, -0.1) is 0 Å². The lowest BCUT2D eigenvalue weighted by molar-refractivity contribution is 0.404. The third-order valence-electron chi connectivity index (χ3n) is 1.54. The molecular weight excluding hydrogens is 189 g/mol. The zero-order valence-electron chi connectivity index (χ0n) is 8.14. The molecule has 0 amide bonds. The molecule has 0 aromatic carbocycles. The second-order valence-corrected chi connectivity index (χ2v) is 4.00. The maximum atomic E-state index is 10.8. The van der Waals surface area contributed by atoms with E-state index in [0.29, 0.717) is 0 Å². The number of hydrogen-bond donors (Lipinski definition) is 3. The van der Waals surface area contributed by atoms with Gasteiger partial charge in [-0.2, -0.15) is 0 Å². The summed E-state index contributed by atoms with van der Waals surface area (Å²) >= 11 is 0. The smallest absolute Gasteiger partial charge is 0.257 e. The first-order valence-corrected chi connectivity index (χ1v) is 5.85. The van der Waals surface area contributed by atoms with Crippen molar-refractivity contribution in [1.29, 1.82) is 0 Å². The maximum absolute atomic E-state index is 10.8. The van der Waals surface area contributed by atoms with Crippen LogP contribution < -0.4 is 16.1 Å². The van der Waals surface area contributed by atoms with Gasteiger partial charge >= 0.3 is 0 Å². The van der Waals surface area contributed by atoms with Crippen LogP contribution >= 0.6 is 8.18 Å². The van der Waals surface area contributed by atoms with Gasteiger partial charge in [-0.05, 0) is 32.5 Å². The number of rotatable bonds is 9. The molecule has 0 saturated carbocycles. The average molecular weight is 209 g/mol. The Morgan fingerprint density at radius 3 is 2.62 bits per heavy atom. The highest BCUT2D eigenvalue weighted by Gasteiger charge is 1.93. The van der Waals surface area contributed by atoms with Crippen molar-refractivity contribution in [3.63, 3.8) is 0 Å². The third kappa shape index (κ3) is 9.99. The van der Waals surface area contributed by atoms with Crippen molar-refractivity contribution in [3.8, 4) is 0 Å². The highest BCUT2D eigenvalue weighted by atomic mass is 31.1. The molecule has 0 aromatic heterocycles. The van der Waals surface area contributed by atoms with Crippen LogP contribution in [0.3, 0.4) is 0 Å². The molecule has 0 fully saturated rings. The van der Waals surface area contributed by atoms with Crippen LogP contribution in [0.2, 0.25) is 0 Å². The summed E-state index contributed by atoms with van der Waals surface area (Å²) in [5.41, 5.74) is 5.32. The summed E-state index contributed by atoms with van der Waals surface area (Å²) in [6.45, 7) is 3.33. The molecule has 0 bridgehead atoms. The van der Waals surface area contributed by atoms with E-state index < -0.39 is 8.18 Å². The predicted molar refractivity (Wildman–Crippen MR) is 55.2 cm³/mol. The van der Waals surface area contributed by atoms with Crippen molar-refractivity contribution in [3.05, 3.63) is 0 Å². The Kier molecular flexibility index (Phi) is 10.2. The van der Waals surface area contributed by atoms with E-state index in [1.54, 1.807) is 0 Å². The summed E-state index contributed by atoms with van der Waals surface area (Å²) in [6.07, 6.45) is 1.95. The van der Waals surface area contributed by atoms with Crippen molar-refractivity contribution < 1.29 is 9.09 Å². The Labute approximate surface area is 80.3 Å². The topological polar surface area (TPSA) is 76.4 Å². The van der Waals surface area contributed by atoms with Crippen molar-refractivity contribution in [2.24, 2.45) is 5.73 Å². The molecular formula is C7H20N3O2P. The van der Waals surface area contributed by atoms with Crippen LogP contribution in [0.25, 0.3) is 0 Å². The van der Waals surface area contributed by atoms with Gasteiger partial charge in [0.1, 0.15) is 0 Å². The van der Waals surface area contributed by atoms with E-state index in [1.165, 1.54) is 7.11 Å². The summed E-state index contributed by atoms with van der Waals surface area (Å²) in [5.74, 6) is 0. The van der Waals surface area contributed by atoms with Crippen molar-refractivity contribution >= 4 is 8.18 Å². The van der Waals surface area contributed by atoms with Crippen LogP contribution in [0.15, 0.2) is 0 Å². The number of nitrogens with one attached hydrogen (secondary N) is 2. The number of nitrogens with two attached hydrogens (primary N) is 1. The van der Waals surface area contributed by atoms with Crippen molar-refractivity contribution in [2.75, 3.05) is 33.3 Å². The van der Waals surface area contributed by atoms with Gasteiger partial charge in [-0.25, -0.2) is 5.09 Å².